The average molecular weight is 384 g/mol. The first-order valence-corrected chi connectivity index (χ1v) is 11.2. The number of nitrogens with zero attached hydrogens (tertiary/aromatic N) is 3. The van der Waals surface area contributed by atoms with Crippen molar-refractivity contribution >= 4 is 0 Å². The molecule has 1 aromatic carbocycles. The Kier molecular flexibility index (Phi) is 9.95. The van der Waals surface area contributed by atoms with Crippen LogP contribution in [0.3, 0.4) is 0 Å². The quantitative estimate of drug-likeness (QED) is 0.404. The molecule has 2 aromatic rings. The molecule has 0 bridgehead atoms. The average Bonchev–Trinajstić information content (AvgIpc) is 2.72. The topological polar surface area (TPSA) is 58.9 Å². The number of phenols is 1. The molecular formula is C24H37N3O. The van der Waals surface area contributed by atoms with Crippen LogP contribution in [0.2, 0.25) is 0 Å². The lowest BCUT2D eigenvalue weighted by Gasteiger charge is -2.19. The highest BCUT2D eigenvalue weighted by Crippen LogP contribution is 2.37. The van der Waals surface area contributed by atoms with Crippen LogP contribution in [0.15, 0.2) is 18.7 Å². The lowest BCUT2D eigenvalue weighted by atomic mass is 9.87. The van der Waals surface area contributed by atoms with Crippen LogP contribution in [0, 0.1) is 0 Å². The smallest absolute Gasteiger partial charge is 0.166 e. The van der Waals surface area contributed by atoms with Crippen LogP contribution in [0.5, 0.6) is 5.75 Å². The highest BCUT2D eigenvalue weighted by Gasteiger charge is 2.19. The highest BCUT2D eigenvalue weighted by atomic mass is 16.3. The molecule has 0 radical (unpaired) electrons. The van der Waals surface area contributed by atoms with Crippen molar-refractivity contribution in [3.63, 3.8) is 0 Å². The fraction of sp³-hybridized carbons (Fsp3) is 0.625. The van der Waals surface area contributed by atoms with Gasteiger partial charge in [-0.3, -0.25) is 0 Å². The zero-order chi connectivity index (χ0) is 20.2. The third kappa shape index (κ3) is 6.29. The summed E-state index contributed by atoms with van der Waals surface area (Å²) in [6.07, 6.45) is 16.8. The largest absolute Gasteiger partial charge is 0.507 e. The van der Waals surface area contributed by atoms with E-state index >= 15 is 0 Å². The van der Waals surface area contributed by atoms with Crippen molar-refractivity contribution in [3.8, 4) is 17.1 Å². The molecule has 2 rings (SSSR count). The summed E-state index contributed by atoms with van der Waals surface area (Å²) >= 11 is 0. The molecule has 0 saturated carbocycles. The summed E-state index contributed by atoms with van der Waals surface area (Å²) < 4.78 is 0. The molecule has 0 unspecified atom stereocenters. The summed E-state index contributed by atoms with van der Waals surface area (Å²) in [7, 11) is 0. The van der Waals surface area contributed by atoms with Crippen molar-refractivity contribution < 1.29 is 5.11 Å². The molecular weight excluding hydrogens is 346 g/mol. The van der Waals surface area contributed by atoms with E-state index in [4.69, 9.17) is 0 Å². The Morgan fingerprint density at radius 2 is 1.25 bits per heavy atom. The van der Waals surface area contributed by atoms with Gasteiger partial charge in [-0.05, 0) is 61.3 Å². The van der Waals surface area contributed by atoms with Gasteiger partial charge in [-0.15, -0.1) is 0 Å². The van der Waals surface area contributed by atoms with E-state index in [1.54, 1.807) is 0 Å². The van der Waals surface area contributed by atoms with Gasteiger partial charge in [0.05, 0.1) is 5.56 Å². The molecule has 1 aromatic heterocycles. The lowest BCUT2D eigenvalue weighted by Crippen LogP contribution is -2.05. The second-order valence-electron chi connectivity index (χ2n) is 7.72. The van der Waals surface area contributed by atoms with Crippen molar-refractivity contribution in [2.24, 2.45) is 0 Å². The van der Waals surface area contributed by atoms with Gasteiger partial charge in [-0.25, -0.2) is 15.0 Å². The summed E-state index contributed by atoms with van der Waals surface area (Å²) in [4.78, 5) is 12.5. The van der Waals surface area contributed by atoms with Crippen molar-refractivity contribution in [1.29, 1.82) is 0 Å². The van der Waals surface area contributed by atoms with Gasteiger partial charge in [-0.2, -0.15) is 0 Å². The molecule has 0 amide bonds. The molecule has 1 heterocycles. The summed E-state index contributed by atoms with van der Waals surface area (Å²) in [5.41, 5.74) is 4.66. The number of aryl methyl sites for hydroxylation is 1. The number of aromatic hydroxyl groups is 1. The minimum atomic E-state index is 0.382. The minimum absolute atomic E-state index is 0.382. The molecule has 0 aliphatic heterocycles. The molecule has 0 fully saturated rings. The number of hydrogen-bond acceptors (Lipinski definition) is 4. The number of benzene rings is 1. The maximum Gasteiger partial charge on any atom is 0.166 e. The molecule has 0 aliphatic carbocycles. The molecule has 4 heteroatoms. The summed E-state index contributed by atoms with van der Waals surface area (Å²) in [6.45, 7) is 6.70. The summed E-state index contributed by atoms with van der Waals surface area (Å²) in [5, 5.41) is 11.2. The van der Waals surface area contributed by atoms with Crippen LogP contribution in [0.4, 0.5) is 0 Å². The maximum atomic E-state index is 11.2. The van der Waals surface area contributed by atoms with Crippen molar-refractivity contribution in [1.82, 2.24) is 15.0 Å². The number of hydrogen-bond donors (Lipinski definition) is 1. The first-order valence-electron chi connectivity index (χ1n) is 11.2. The number of unbranched alkanes of at least 4 members (excludes halogenated alkanes) is 6. The Morgan fingerprint density at radius 1 is 0.714 bits per heavy atom. The van der Waals surface area contributed by atoms with Crippen LogP contribution in [0.25, 0.3) is 11.4 Å². The van der Waals surface area contributed by atoms with E-state index in [2.05, 4.69) is 41.8 Å². The van der Waals surface area contributed by atoms with E-state index in [1.807, 2.05) is 0 Å². The SMILES string of the molecule is CCCCCc1cc(-c2ncncn2)c(O)c(CCCCC)c1CCCCC. The second kappa shape index (κ2) is 12.5. The molecule has 0 atom stereocenters. The van der Waals surface area contributed by atoms with Gasteiger partial charge in [-0.1, -0.05) is 59.3 Å². The van der Waals surface area contributed by atoms with Crippen LogP contribution < -0.4 is 0 Å². The normalized spacial score (nSPS) is 11.1. The molecule has 28 heavy (non-hydrogen) atoms. The van der Waals surface area contributed by atoms with Crippen molar-refractivity contribution in [2.75, 3.05) is 0 Å². The van der Waals surface area contributed by atoms with E-state index in [0.717, 1.165) is 36.8 Å². The van der Waals surface area contributed by atoms with Crippen LogP contribution >= 0.6 is 0 Å². The summed E-state index contributed by atoms with van der Waals surface area (Å²) in [6, 6.07) is 2.14. The van der Waals surface area contributed by atoms with E-state index in [0.29, 0.717) is 11.6 Å². The van der Waals surface area contributed by atoms with Crippen molar-refractivity contribution in [2.45, 2.75) is 97.8 Å². The fourth-order valence-corrected chi connectivity index (χ4v) is 3.85. The summed E-state index contributed by atoms with van der Waals surface area (Å²) in [5.74, 6) is 0.953. The Morgan fingerprint density at radius 3 is 1.82 bits per heavy atom. The molecule has 0 spiro atoms. The Balaban J connectivity index is 2.48. The molecule has 1 N–H and O–H groups in total. The Labute approximate surface area is 170 Å². The van der Waals surface area contributed by atoms with Crippen LogP contribution in [-0.2, 0) is 19.3 Å². The van der Waals surface area contributed by atoms with E-state index in [9.17, 15) is 5.11 Å². The highest BCUT2D eigenvalue weighted by molar-refractivity contribution is 5.69. The van der Waals surface area contributed by atoms with Crippen molar-refractivity contribution in [3.05, 3.63) is 35.4 Å². The van der Waals surface area contributed by atoms with Gasteiger partial charge in [0.2, 0.25) is 0 Å². The van der Waals surface area contributed by atoms with Gasteiger partial charge in [0.1, 0.15) is 18.4 Å². The van der Waals surface area contributed by atoms with Gasteiger partial charge < -0.3 is 5.11 Å². The molecule has 0 saturated heterocycles. The predicted molar refractivity (Wildman–Crippen MR) is 117 cm³/mol. The number of phenolic OH excluding ortho intramolecular Hbond substituents is 1. The molecule has 154 valence electrons. The molecule has 0 aliphatic rings. The maximum absolute atomic E-state index is 11.2. The fourth-order valence-electron chi connectivity index (χ4n) is 3.85. The zero-order valence-electron chi connectivity index (χ0n) is 18.0. The van der Waals surface area contributed by atoms with E-state index in [-0.39, 0.29) is 0 Å². The van der Waals surface area contributed by atoms with Crippen LogP contribution in [0.1, 0.15) is 95.2 Å². The molecule has 4 nitrogen and oxygen atoms in total. The van der Waals surface area contributed by atoms with E-state index < -0.39 is 0 Å². The van der Waals surface area contributed by atoms with Crippen LogP contribution in [-0.4, -0.2) is 20.1 Å². The lowest BCUT2D eigenvalue weighted by molar-refractivity contribution is 0.465. The standard InChI is InChI=1S/C24H37N3O/c1-4-7-10-13-19-16-22(24-26-17-25-18-27-24)23(28)21(15-12-9-6-3)20(19)14-11-8-5-2/h16-18,28H,4-15H2,1-3H3. The number of aromatic nitrogens is 3. The third-order valence-electron chi connectivity index (χ3n) is 5.46. The van der Waals surface area contributed by atoms with Gasteiger partial charge in [0, 0.05) is 0 Å². The first kappa shape index (κ1) is 22.3. The first-order chi connectivity index (χ1) is 13.7. The zero-order valence-corrected chi connectivity index (χ0v) is 18.0. The van der Waals surface area contributed by atoms with Gasteiger partial charge >= 0.3 is 0 Å². The predicted octanol–water partition coefficient (Wildman–Crippen LogP) is 6.44. The third-order valence-corrected chi connectivity index (χ3v) is 5.46. The Hall–Kier alpha value is -1.97. The van der Waals surface area contributed by atoms with E-state index in [1.165, 1.54) is 75.1 Å². The van der Waals surface area contributed by atoms with Gasteiger partial charge in [0.25, 0.3) is 0 Å². The van der Waals surface area contributed by atoms with Gasteiger partial charge in [0.15, 0.2) is 5.82 Å². The second-order valence-corrected chi connectivity index (χ2v) is 7.72. The number of rotatable bonds is 13. The monoisotopic (exact) mass is 383 g/mol. The Bertz CT molecular complexity index is 701. The minimum Gasteiger partial charge on any atom is -0.507 e.